The Morgan fingerprint density at radius 1 is 1.00 bits per heavy atom. The molecule has 0 unspecified atom stereocenters. The second-order valence-corrected chi connectivity index (χ2v) is 9.79. The molecule has 2 heteroatoms. The molecule has 0 atom stereocenters. The van der Waals surface area contributed by atoms with E-state index in [9.17, 15) is 0 Å². The summed E-state index contributed by atoms with van der Waals surface area (Å²) in [6, 6.07) is 11.0. The third kappa shape index (κ3) is 1.36. The summed E-state index contributed by atoms with van der Waals surface area (Å²) in [5.41, 5.74) is 1.47. The molecule has 1 aliphatic heterocycles. The van der Waals surface area contributed by atoms with E-state index in [1.165, 1.54) is 5.56 Å². The Labute approximate surface area is 94.9 Å². The van der Waals surface area contributed by atoms with Gasteiger partial charge in [-0.15, -0.1) is 0 Å². The average Bonchev–Trinajstić information content (AvgIpc) is 2.79. The van der Waals surface area contributed by atoms with Crippen molar-refractivity contribution < 1.29 is 0 Å². The van der Waals surface area contributed by atoms with Gasteiger partial charge in [0.05, 0.1) is 0 Å². The zero-order chi connectivity index (χ0) is 9.38. The number of thiophene rings is 1. The molecule has 0 radical (unpaired) electrons. The van der Waals surface area contributed by atoms with Gasteiger partial charge in [0.2, 0.25) is 0 Å². The Kier molecular flexibility index (Phi) is 2.23. The monoisotopic (exact) mass is 306 g/mol. The Hall–Kier alpha value is -0.522. The van der Waals surface area contributed by atoms with E-state index in [1.807, 2.05) is 11.3 Å². The van der Waals surface area contributed by atoms with Gasteiger partial charge in [-0.2, -0.15) is 0 Å². The number of fused-ring (bicyclic) bond motifs is 1. The van der Waals surface area contributed by atoms with Gasteiger partial charge in [-0.3, -0.25) is 0 Å². The molecule has 1 aliphatic rings. The second kappa shape index (κ2) is 3.56. The van der Waals surface area contributed by atoms with Crippen molar-refractivity contribution in [1.29, 1.82) is 0 Å². The molecule has 14 heavy (non-hydrogen) atoms. The second-order valence-electron chi connectivity index (χ2n) is 3.23. The first-order valence-corrected chi connectivity index (χ1v) is 9.51. The Morgan fingerprint density at radius 3 is 2.71 bits per heavy atom. The molecule has 0 aliphatic carbocycles. The van der Waals surface area contributed by atoms with E-state index in [-0.39, 0.29) is 0 Å². The Bertz CT molecular complexity index is 470. The van der Waals surface area contributed by atoms with Crippen LogP contribution in [0.1, 0.15) is 5.56 Å². The van der Waals surface area contributed by atoms with Gasteiger partial charge in [0.1, 0.15) is 0 Å². The van der Waals surface area contributed by atoms with Crippen LogP contribution in [0.5, 0.6) is 0 Å². The SMILES string of the molecule is C1=[CH][Sb]([c]2ccccc2)[c]2cscc21. The zero-order valence-corrected chi connectivity index (χ0v) is 10.9. The van der Waals surface area contributed by atoms with Gasteiger partial charge in [0.15, 0.2) is 0 Å². The zero-order valence-electron chi connectivity index (χ0n) is 7.55. The molecule has 0 nitrogen and oxygen atoms in total. The standard InChI is InChI=1S/C6H4S.C6H5.Sb/c1-2-6-3-4-7-5-6;1-2-4-6-5-3-1;/h1-2,4-5H;1-5H;. The number of benzene rings is 1. The summed E-state index contributed by atoms with van der Waals surface area (Å²) in [5, 5.41) is 4.60. The van der Waals surface area contributed by atoms with Crippen LogP contribution in [-0.2, 0) is 0 Å². The molecule has 0 N–H and O–H groups in total. The van der Waals surface area contributed by atoms with Crippen molar-refractivity contribution in [3.63, 3.8) is 0 Å². The fourth-order valence-electron chi connectivity index (χ4n) is 1.67. The number of hydrogen-bond donors (Lipinski definition) is 0. The summed E-state index contributed by atoms with van der Waals surface area (Å²) in [6.45, 7) is 0. The quantitative estimate of drug-likeness (QED) is 0.706. The van der Waals surface area contributed by atoms with Crippen LogP contribution in [-0.4, -0.2) is 20.2 Å². The summed E-state index contributed by atoms with van der Waals surface area (Å²) in [5.74, 6) is 0. The van der Waals surface area contributed by atoms with Gasteiger partial charge in [0, 0.05) is 0 Å². The summed E-state index contributed by atoms with van der Waals surface area (Å²) < 4.78 is 5.68. The maximum absolute atomic E-state index is 2.47. The Morgan fingerprint density at radius 2 is 1.86 bits per heavy atom. The first-order valence-electron chi connectivity index (χ1n) is 4.54. The van der Waals surface area contributed by atoms with Gasteiger partial charge in [-0.05, 0) is 0 Å². The molecule has 2 aromatic rings. The summed E-state index contributed by atoms with van der Waals surface area (Å²) in [6.07, 6.45) is 2.31. The van der Waals surface area contributed by atoms with Crippen molar-refractivity contribution in [3.05, 3.63) is 50.7 Å². The van der Waals surface area contributed by atoms with E-state index in [0.29, 0.717) is 0 Å². The van der Waals surface area contributed by atoms with Crippen LogP contribution in [0, 0.1) is 0 Å². The van der Waals surface area contributed by atoms with Crippen molar-refractivity contribution in [2.24, 2.45) is 0 Å². The van der Waals surface area contributed by atoms with Gasteiger partial charge >= 0.3 is 95.3 Å². The molecular weight excluding hydrogens is 298 g/mol. The predicted molar refractivity (Wildman–Crippen MR) is 64.8 cm³/mol. The van der Waals surface area contributed by atoms with Gasteiger partial charge < -0.3 is 0 Å². The fraction of sp³-hybridized carbons (Fsp3) is 0. The Balaban J connectivity index is 2.08. The van der Waals surface area contributed by atoms with E-state index < -0.39 is 20.2 Å². The first kappa shape index (κ1) is 8.76. The molecule has 0 bridgehead atoms. The molecule has 0 fully saturated rings. The summed E-state index contributed by atoms with van der Waals surface area (Å²) in [4.78, 5) is 0. The third-order valence-electron chi connectivity index (χ3n) is 2.37. The third-order valence-corrected chi connectivity index (χ3v) is 9.95. The molecule has 0 saturated heterocycles. The number of hydrogen-bond acceptors (Lipinski definition) is 1. The normalized spacial score (nSPS) is 14.6. The topological polar surface area (TPSA) is 0 Å². The van der Waals surface area contributed by atoms with E-state index in [2.05, 4.69) is 51.2 Å². The van der Waals surface area contributed by atoms with Crippen LogP contribution in [0.3, 0.4) is 0 Å². The van der Waals surface area contributed by atoms with Crippen molar-refractivity contribution in [2.45, 2.75) is 0 Å². The minimum atomic E-state index is -1.42. The minimum absolute atomic E-state index is 1.42. The van der Waals surface area contributed by atoms with Crippen LogP contribution in [0.4, 0.5) is 0 Å². The molecule has 0 spiro atoms. The van der Waals surface area contributed by atoms with Crippen LogP contribution < -0.4 is 7.02 Å². The maximum atomic E-state index is 2.47. The van der Waals surface area contributed by atoms with Crippen molar-refractivity contribution in [1.82, 2.24) is 0 Å². The van der Waals surface area contributed by atoms with Crippen LogP contribution in [0.2, 0.25) is 0 Å². The molecule has 0 saturated carbocycles. The van der Waals surface area contributed by atoms with Crippen molar-refractivity contribution in [2.75, 3.05) is 0 Å². The van der Waals surface area contributed by atoms with E-state index in [0.717, 1.165) is 0 Å². The van der Waals surface area contributed by atoms with Crippen LogP contribution >= 0.6 is 11.3 Å². The van der Waals surface area contributed by atoms with E-state index >= 15 is 0 Å². The van der Waals surface area contributed by atoms with Crippen molar-refractivity contribution in [3.8, 4) is 0 Å². The van der Waals surface area contributed by atoms with E-state index in [4.69, 9.17) is 0 Å². The molecule has 3 rings (SSSR count). The molecule has 68 valence electrons. The van der Waals surface area contributed by atoms with Gasteiger partial charge in [-0.25, -0.2) is 0 Å². The van der Waals surface area contributed by atoms with Gasteiger partial charge in [-0.1, -0.05) is 0 Å². The fourth-order valence-corrected chi connectivity index (χ4v) is 9.45. The molecule has 2 heterocycles. The molecular formula is C12H9SSb. The molecule has 1 aromatic carbocycles. The first-order chi connectivity index (χ1) is 6.95. The molecule has 1 aromatic heterocycles. The predicted octanol–water partition coefficient (Wildman–Crippen LogP) is 1.92. The van der Waals surface area contributed by atoms with Crippen molar-refractivity contribution >= 4 is 44.6 Å². The van der Waals surface area contributed by atoms with Crippen LogP contribution in [0.25, 0.3) is 6.08 Å². The van der Waals surface area contributed by atoms with E-state index in [1.54, 1.807) is 7.02 Å². The summed E-state index contributed by atoms with van der Waals surface area (Å²) in [7, 11) is 0. The average molecular weight is 307 g/mol. The summed E-state index contributed by atoms with van der Waals surface area (Å²) >= 11 is 0.415. The van der Waals surface area contributed by atoms with Gasteiger partial charge in [0.25, 0.3) is 0 Å². The van der Waals surface area contributed by atoms with Crippen LogP contribution in [0.15, 0.2) is 45.1 Å². The number of rotatable bonds is 1. The molecule has 0 amide bonds.